The highest BCUT2D eigenvalue weighted by atomic mass is 35.5. The Morgan fingerprint density at radius 3 is 2.50 bits per heavy atom. The lowest BCUT2D eigenvalue weighted by Crippen LogP contribution is -2.25. The van der Waals surface area contributed by atoms with Gasteiger partial charge in [-0.1, -0.05) is 30.2 Å². The molecule has 0 saturated carbocycles. The number of esters is 1. The van der Waals surface area contributed by atoms with Crippen LogP contribution in [0, 0.1) is 0 Å². The number of hydrogen-bond donors (Lipinski definition) is 1. The smallest absolute Gasteiger partial charge is 0.306 e. The van der Waals surface area contributed by atoms with Crippen LogP contribution in [0.4, 0.5) is 0 Å². The van der Waals surface area contributed by atoms with Crippen molar-refractivity contribution in [3.63, 3.8) is 0 Å². The van der Waals surface area contributed by atoms with Crippen molar-refractivity contribution in [2.45, 2.75) is 37.2 Å². The molecule has 0 fully saturated rings. The molecule has 0 spiro atoms. The number of halogens is 1. The molecular weight excluding hydrogens is 430 g/mol. The zero-order chi connectivity index (χ0) is 21.4. The molecule has 162 valence electrons. The molecule has 0 aromatic heterocycles. The lowest BCUT2D eigenvalue weighted by Gasteiger charge is -2.18. The van der Waals surface area contributed by atoms with Gasteiger partial charge in [0.25, 0.3) is 0 Å². The minimum atomic E-state index is -3.63. The zero-order valence-corrected chi connectivity index (χ0v) is 18.0. The molecule has 2 aromatic rings. The molecule has 0 amide bonds. The van der Waals surface area contributed by atoms with E-state index in [4.69, 9.17) is 25.8 Å². The first kappa shape index (κ1) is 22.4. The average molecular weight is 454 g/mol. The maximum Gasteiger partial charge on any atom is 0.306 e. The molecule has 2 aromatic carbocycles. The van der Waals surface area contributed by atoms with Gasteiger partial charge in [0.15, 0.2) is 11.5 Å². The van der Waals surface area contributed by atoms with Gasteiger partial charge < -0.3 is 14.2 Å². The normalized spacial score (nSPS) is 13.1. The maximum atomic E-state index is 12.4. The van der Waals surface area contributed by atoms with E-state index in [2.05, 4.69) is 4.72 Å². The predicted molar refractivity (Wildman–Crippen MR) is 112 cm³/mol. The van der Waals surface area contributed by atoms with Crippen LogP contribution in [-0.2, 0) is 26.2 Å². The summed E-state index contributed by atoms with van der Waals surface area (Å²) in [5.41, 5.74) is 0.876. The highest BCUT2D eigenvalue weighted by Crippen LogP contribution is 2.32. The quantitative estimate of drug-likeness (QED) is 0.435. The average Bonchev–Trinajstić information content (AvgIpc) is 2.75. The largest absolute Gasteiger partial charge is 0.486 e. The SMILES string of the molecule is O=C(CCCCCNS(=O)(=O)c1ccc2c(c1)OCCO2)OCc1ccc(Cl)cc1. The first-order valence-electron chi connectivity index (χ1n) is 9.73. The van der Waals surface area contributed by atoms with E-state index >= 15 is 0 Å². The molecule has 0 saturated heterocycles. The van der Waals surface area contributed by atoms with E-state index in [0.717, 1.165) is 5.56 Å². The number of fused-ring (bicyclic) bond motifs is 1. The third kappa shape index (κ3) is 6.62. The second-order valence-corrected chi connectivity index (χ2v) is 9.00. The van der Waals surface area contributed by atoms with Gasteiger partial charge in [0.1, 0.15) is 19.8 Å². The summed E-state index contributed by atoms with van der Waals surface area (Å²) in [5.74, 6) is 0.700. The van der Waals surface area contributed by atoms with Crippen molar-refractivity contribution in [1.82, 2.24) is 4.72 Å². The first-order chi connectivity index (χ1) is 14.4. The fourth-order valence-electron chi connectivity index (χ4n) is 2.87. The molecule has 7 nitrogen and oxygen atoms in total. The molecule has 1 aliphatic heterocycles. The Kier molecular flexibility index (Phi) is 7.95. The van der Waals surface area contributed by atoms with Gasteiger partial charge in [0.2, 0.25) is 10.0 Å². The van der Waals surface area contributed by atoms with Crippen LogP contribution in [-0.4, -0.2) is 34.1 Å². The van der Waals surface area contributed by atoms with Gasteiger partial charge in [-0.05, 0) is 42.7 Å². The zero-order valence-electron chi connectivity index (χ0n) is 16.4. The van der Waals surface area contributed by atoms with Crippen molar-refractivity contribution in [3.8, 4) is 11.5 Å². The fraction of sp³-hybridized carbons (Fsp3) is 0.381. The third-order valence-electron chi connectivity index (χ3n) is 4.49. The van der Waals surface area contributed by atoms with Gasteiger partial charge in [-0.2, -0.15) is 0 Å². The molecule has 1 heterocycles. The fourth-order valence-corrected chi connectivity index (χ4v) is 4.08. The molecule has 1 aliphatic rings. The molecular formula is C21H24ClNO6S. The van der Waals surface area contributed by atoms with Gasteiger partial charge >= 0.3 is 5.97 Å². The van der Waals surface area contributed by atoms with Gasteiger partial charge in [-0.3, -0.25) is 4.79 Å². The molecule has 3 rings (SSSR count). The Hall–Kier alpha value is -2.29. The third-order valence-corrected chi connectivity index (χ3v) is 6.20. The molecule has 0 atom stereocenters. The van der Waals surface area contributed by atoms with Crippen LogP contribution >= 0.6 is 11.6 Å². The summed E-state index contributed by atoms with van der Waals surface area (Å²) < 4.78 is 43.4. The number of rotatable bonds is 10. The van der Waals surface area contributed by atoms with E-state index in [1.165, 1.54) is 12.1 Å². The summed E-state index contributed by atoms with van der Waals surface area (Å²) in [4.78, 5) is 11.9. The second kappa shape index (κ2) is 10.7. The van der Waals surface area contributed by atoms with Crippen molar-refractivity contribution in [3.05, 3.63) is 53.1 Å². The van der Waals surface area contributed by atoms with Gasteiger partial charge in [-0.25, -0.2) is 13.1 Å². The van der Waals surface area contributed by atoms with Crippen molar-refractivity contribution in [1.29, 1.82) is 0 Å². The van der Waals surface area contributed by atoms with Crippen molar-refractivity contribution in [2.24, 2.45) is 0 Å². The molecule has 1 N–H and O–H groups in total. The summed E-state index contributed by atoms with van der Waals surface area (Å²) in [5, 5.41) is 0.634. The molecule has 0 aliphatic carbocycles. The van der Waals surface area contributed by atoms with Gasteiger partial charge in [-0.15, -0.1) is 0 Å². The number of hydrogen-bond acceptors (Lipinski definition) is 6. The van der Waals surface area contributed by atoms with E-state index in [0.29, 0.717) is 55.4 Å². The van der Waals surface area contributed by atoms with Crippen LogP contribution < -0.4 is 14.2 Å². The number of carbonyl (C=O) groups excluding carboxylic acids is 1. The standard InChI is InChI=1S/C21H24ClNO6S/c22-17-7-5-16(6-8-17)15-29-21(24)4-2-1-3-11-23-30(25,26)18-9-10-19-20(14-18)28-13-12-27-19/h5-10,14,23H,1-4,11-13,15H2. The van der Waals surface area contributed by atoms with Crippen molar-refractivity contribution < 1.29 is 27.4 Å². The molecule has 30 heavy (non-hydrogen) atoms. The van der Waals surface area contributed by atoms with Crippen LogP contribution in [0.5, 0.6) is 11.5 Å². The molecule has 9 heteroatoms. The van der Waals surface area contributed by atoms with E-state index in [1.54, 1.807) is 18.2 Å². The lowest BCUT2D eigenvalue weighted by molar-refractivity contribution is -0.145. The number of sulfonamides is 1. The summed E-state index contributed by atoms with van der Waals surface area (Å²) in [7, 11) is -3.63. The Bertz CT molecular complexity index is 962. The summed E-state index contributed by atoms with van der Waals surface area (Å²) in [6.45, 7) is 1.35. The summed E-state index contributed by atoms with van der Waals surface area (Å²) in [6.07, 6.45) is 2.25. The Labute approximate surface area is 181 Å². The molecule has 0 radical (unpaired) electrons. The summed E-state index contributed by atoms with van der Waals surface area (Å²) in [6, 6.07) is 11.7. The summed E-state index contributed by atoms with van der Waals surface area (Å²) >= 11 is 5.81. The highest BCUT2D eigenvalue weighted by Gasteiger charge is 2.18. The molecule has 0 unspecified atom stereocenters. The van der Waals surface area contributed by atoms with E-state index < -0.39 is 10.0 Å². The van der Waals surface area contributed by atoms with E-state index in [-0.39, 0.29) is 24.0 Å². The van der Waals surface area contributed by atoms with Crippen LogP contribution in [0.1, 0.15) is 31.2 Å². The number of benzene rings is 2. The topological polar surface area (TPSA) is 90.9 Å². The number of ether oxygens (including phenoxy) is 3. The van der Waals surface area contributed by atoms with Crippen LogP contribution in [0.25, 0.3) is 0 Å². The van der Waals surface area contributed by atoms with Crippen LogP contribution in [0.15, 0.2) is 47.4 Å². The monoisotopic (exact) mass is 453 g/mol. The Morgan fingerprint density at radius 2 is 1.73 bits per heavy atom. The minimum Gasteiger partial charge on any atom is -0.486 e. The maximum absolute atomic E-state index is 12.4. The second-order valence-electron chi connectivity index (χ2n) is 6.80. The number of unbranched alkanes of at least 4 members (excludes halogenated alkanes) is 2. The predicted octanol–water partition coefficient (Wildman–Crippen LogP) is 3.69. The van der Waals surface area contributed by atoms with Crippen LogP contribution in [0.2, 0.25) is 5.02 Å². The minimum absolute atomic E-state index is 0.137. The lowest BCUT2D eigenvalue weighted by atomic mass is 10.2. The molecule has 0 bridgehead atoms. The highest BCUT2D eigenvalue weighted by molar-refractivity contribution is 7.89. The number of nitrogens with one attached hydrogen (secondary N) is 1. The number of carbonyl (C=O) groups is 1. The first-order valence-corrected chi connectivity index (χ1v) is 11.6. The Balaban J connectivity index is 1.32. The van der Waals surface area contributed by atoms with Crippen molar-refractivity contribution >= 4 is 27.6 Å². The van der Waals surface area contributed by atoms with Crippen molar-refractivity contribution in [2.75, 3.05) is 19.8 Å². The van der Waals surface area contributed by atoms with Gasteiger partial charge in [0, 0.05) is 24.1 Å². The van der Waals surface area contributed by atoms with E-state index in [9.17, 15) is 13.2 Å². The van der Waals surface area contributed by atoms with Crippen LogP contribution in [0.3, 0.4) is 0 Å². The van der Waals surface area contributed by atoms with E-state index in [1.807, 2.05) is 12.1 Å². The Morgan fingerprint density at radius 1 is 1.00 bits per heavy atom. The van der Waals surface area contributed by atoms with Gasteiger partial charge in [0.05, 0.1) is 4.90 Å².